The summed E-state index contributed by atoms with van der Waals surface area (Å²) in [5.41, 5.74) is 8.61. The summed E-state index contributed by atoms with van der Waals surface area (Å²) in [4.78, 5) is 8.73. The average Bonchev–Trinajstić information content (AvgIpc) is 3.04. The number of nitrogen functional groups attached to an aromatic ring is 1. The third-order valence-electron chi connectivity index (χ3n) is 3.28. The van der Waals surface area contributed by atoms with Gasteiger partial charge in [-0.1, -0.05) is 12.1 Å². The SMILES string of the molecule is CCCc1nc2cc(N)ccc2n1CCc1ncno1. The zero-order chi connectivity index (χ0) is 13.9. The number of hydrogen-bond donors (Lipinski definition) is 1. The number of rotatable bonds is 5. The Balaban J connectivity index is 1.95. The number of aryl methyl sites for hydroxylation is 3. The van der Waals surface area contributed by atoms with Gasteiger partial charge in [0.05, 0.1) is 11.0 Å². The van der Waals surface area contributed by atoms with Crippen LogP contribution in [0.4, 0.5) is 5.69 Å². The molecule has 0 saturated heterocycles. The molecule has 6 nitrogen and oxygen atoms in total. The molecule has 0 aliphatic carbocycles. The average molecular weight is 271 g/mol. The first kappa shape index (κ1) is 12.7. The molecular formula is C14H17N5O. The molecule has 6 heteroatoms. The summed E-state index contributed by atoms with van der Waals surface area (Å²) in [5.74, 6) is 1.72. The minimum atomic E-state index is 0.643. The van der Waals surface area contributed by atoms with Gasteiger partial charge in [0.2, 0.25) is 5.89 Å². The van der Waals surface area contributed by atoms with Crippen molar-refractivity contribution in [3.8, 4) is 0 Å². The molecule has 1 aromatic carbocycles. The van der Waals surface area contributed by atoms with Crippen LogP contribution in [0.5, 0.6) is 0 Å². The number of fused-ring (bicyclic) bond motifs is 1. The van der Waals surface area contributed by atoms with Crippen LogP contribution in [0.2, 0.25) is 0 Å². The first-order chi connectivity index (χ1) is 9.78. The number of hydrogen-bond acceptors (Lipinski definition) is 5. The topological polar surface area (TPSA) is 82.8 Å². The Morgan fingerprint density at radius 3 is 2.95 bits per heavy atom. The Kier molecular flexibility index (Phi) is 3.37. The summed E-state index contributed by atoms with van der Waals surface area (Å²) in [6.07, 6.45) is 4.12. The lowest BCUT2D eigenvalue weighted by Crippen LogP contribution is -2.06. The van der Waals surface area contributed by atoms with Gasteiger partial charge >= 0.3 is 0 Å². The highest BCUT2D eigenvalue weighted by Crippen LogP contribution is 2.20. The van der Waals surface area contributed by atoms with Crippen LogP contribution in [0.25, 0.3) is 11.0 Å². The smallest absolute Gasteiger partial charge is 0.228 e. The van der Waals surface area contributed by atoms with Gasteiger partial charge in [-0.25, -0.2) is 4.98 Å². The molecule has 0 bridgehead atoms. The van der Waals surface area contributed by atoms with E-state index in [4.69, 9.17) is 10.3 Å². The molecule has 2 N–H and O–H groups in total. The molecule has 2 aromatic heterocycles. The van der Waals surface area contributed by atoms with E-state index in [1.165, 1.54) is 6.33 Å². The molecule has 0 atom stereocenters. The number of nitrogens with two attached hydrogens (primary N) is 1. The summed E-state index contributed by atoms with van der Waals surface area (Å²) in [5, 5.41) is 3.63. The predicted molar refractivity (Wildman–Crippen MR) is 76.1 cm³/mol. The van der Waals surface area contributed by atoms with Gasteiger partial charge in [-0.3, -0.25) is 0 Å². The quantitative estimate of drug-likeness (QED) is 0.719. The molecule has 0 aliphatic rings. The maximum atomic E-state index is 5.83. The minimum Gasteiger partial charge on any atom is -0.399 e. The summed E-state index contributed by atoms with van der Waals surface area (Å²) >= 11 is 0. The van der Waals surface area contributed by atoms with E-state index in [1.807, 2.05) is 18.2 Å². The van der Waals surface area contributed by atoms with E-state index in [0.29, 0.717) is 12.3 Å². The molecule has 0 amide bonds. The van der Waals surface area contributed by atoms with E-state index in [2.05, 4.69) is 26.6 Å². The van der Waals surface area contributed by atoms with Crippen LogP contribution >= 0.6 is 0 Å². The van der Waals surface area contributed by atoms with Crippen LogP contribution in [0.3, 0.4) is 0 Å². The van der Waals surface area contributed by atoms with Crippen LogP contribution in [0, 0.1) is 0 Å². The van der Waals surface area contributed by atoms with Gasteiger partial charge in [-0.2, -0.15) is 4.98 Å². The Bertz CT molecular complexity index is 702. The predicted octanol–water partition coefficient (Wildman–Crippen LogP) is 2.20. The molecule has 0 unspecified atom stereocenters. The Morgan fingerprint density at radius 2 is 2.20 bits per heavy atom. The van der Waals surface area contributed by atoms with Crippen molar-refractivity contribution < 1.29 is 4.52 Å². The van der Waals surface area contributed by atoms with Gasteiger partial charge in [0.1, 0.15) is 5.82 Å². The molecule has 104 valence electrons. The lowest BCUT2D eigenvalue weighted by atomic mass is 10.2. The second-order valence-electron chi connectivity index (χ2n) is 4.76. The first-order valence-electron chi connectivity index (χ1n) is 6.78. The Morgan fingerprint density at radius 1 is 1.30 bits per heavy atom. The molecular weight excluding hydrogens is 254 g/mol. The minimum absolute atomic E-state index is 0.643. The third kappa shape index (κ3) is 2.36. The van der Waals surface area contributed by atoms with Crippen molar-refractivity contribution in [1.82, 2.24) is 19.7 Å². The number of imidazole rings is 1. The summed E-state index contributed by atoms with van der Waals surface area (Å²) in [7, 11) is 0. The zero-order valence-electron chi connectivity index (χ0n) is 11.4. The molecule has 0 fully saturated rings. The van der Waals surface area contributed by atoms with Crippen molar-refractivity contribution in [2.75, 3.05) is 5.73 Å². The van der Waals surface area contributed by atoms with Gasteiger partial charge in [-0.05, 0) is 24.6 Å². The lowest BCUT2D eigenvalue weighted by Gasteiger charge is -2.07. The van der Waals surface area contributed by atoms with E-state index in [0.717, 1.165) is 41.9 Å². The van der Waals surface area contributed by atoms with Crippen molar-refractivity contribution in [2.45, 2.75) is 32.7 Å². The molecule has 20 heavy (non-hydrogen) atoms. The van der Waals surface area contributed by atoms with E-state index < -0.39 is 0 Å². The normalized spacial score (nSPS) is 11.2. The molecule has 0 aliphatic heterocycles. The highest BCUT2D eigenvalue weighted by Gasteiger charge is 2.11. The van der Waals surface area contributed by atoms with E-state index in [9.17, 15) is 0 Å². The van der Waals surface area contributed by atoms with Crippen molar-refractivity contribution in [3.63, 3.8) is 0 Å². The summed E-state index contributed by atoms with van der Waals surface area (Å²) < 4.78 is 7.26. The number of anilines is 1. The second-order valence-corrected chi connectivity index (χ2v) is 4.76. The van der Waals surface area contributed by atoms with Gasteiger partial charge in [-0.15, -0.1) is 0 Å². The standard InChI is InChI=1S/C14H17N5O/c1-2-3-13-18-11-8-10(15)4-5-12(11)19(13)7-6-14-16-9-17-20-14/h4-5,8-9H,2-3,6-7,15H2,1H3. The molecule has 0 spiro atoms. The fourth-order valence-corrected chi connectivity index (χ4v) is 2.37. The Labute approximate surface area is 116 Å². The zero-order valence-corrected chi connectivity index (χ0v) is 11.4. The lowest BCUT2D eigenvalue weighted by molar-refractivity contribution is 0.370. The fraction of sp³-hybridized carbons (Fsp3) is 0.357. The van der Waals surface area contributed by atoms with Gasteiger partial charge in [0.25, 0.3) is 0 Å². The van der Waals surface area contributed by atoms with Crippen molar-refractivity contribution in [3.05, 3.63) is 36.2 Å². The van der Waals surface area contributed by atoms with Crippen LogP contribution in [0.1, 0.15) is 25.1 Å². The van der Waals surface area contributed by atoms with Crippen molar-refractivity contribution in [1.29, 1.82) is 0 Å². The Hall–Kier alpha value is -2.37. The second kappa shape index (κ2) is 5.32. The van der Waals surface area contributed by atoms with Crippen LogP contribution in [-0.4, -0.2) is 19.7 Å². The molecule has 2 heterocycles. The monoisotopic (exact) mass is 271 g/mol. The molecule has 3 aromatic rings. The van der Waals surface area contributed by atoms with Crippen molar-refractivity contribution >= 4 is 16.7 Å². The first-order valence-corrected chi connectivity index (χ1v) is 6.78. The van der Waals surface area contributed by atoms with Gasteiger partial charge < -0.3 is 14.8 Å². The van der Waals surface area contributed by atoms with Crippen LogP contribution in [0.15, 0.2) is 29.0 Å². The van der Waals surface area contributed by atoms with E-state index in [-0.39, 0.29) is 0 Å². The van der Waals surface area contributed by atoms with Crippen LogP contribution in [-0.2, 0) is 19.4 Å². The maximum absolute atomic E-state index is 5.83. The van der Waals surface area contributed by atoms with Gasteiger partial charge in [0, 0.05) is 25.1 Å². The van der Waals surface area contributed by atoms with E-state index >= 15 is 0 Å². The molecule has 3 rings (SSSR count). The number of benzene rings is 1. The highest BCUT2D eigenvalue weighted by molar-refractivity contribution is 5.79. The number of nitrogens with zero attached hydrogens (tertiary/aromatic N) is 4. The van der Waals surface area contributed by atoms with E-state index in [1.54, 1.807) is 0 Å². The van der Waals surface area contributed by atoms with Gasteiger partial charge in [0.15, 0.2) is 6.33 Å². The highest BCUT2D eigenvalue weighted by atomic mass is 16.5. The third-order valence-corrected chi connectivity index (χ3v) is 3.28. The molecule has 0 saturated carbocycles. The van der Waals surface area contributed by atoms with Crippen LogP contribution < -0.4 is 5.73 Å². The number of aromatic nitrogens is 4. The van der Waals surface area contributed by atoms with Crippen molar-refractivity contribution in [2.24, 2.45) is 0 Å². The summed E-state index contributed by atoms with van der Waals surface area (Å²) in [6, 6.07) is 5.84. The maximum Gasteiger partial charge on any atom is 0.228 e. The summed E-state index contributed by atoms with van der Waals surface area (Å²) in [6.45, 7) is 2.92. The largest absolute Gasteiger partial charge is 0.399 e. The fourth-order valence-electron chi connectivity index (χ4n) is 2.37. The molecule has 0 radical (unpaired) electrons.